The van der Waals surface area contributed by atoms with Crippen molar-refractivity contribution in [3.8, 4) is 0 Å². The Bertz CT molecular complexity index is 527. The van der Waals surface area contributed by atoms with Crippen LogP contribution in [0.3, 0.4) is 0 Å². The number of benzene rings is 1. The molecule has 1 aromatic rings. The van der Waals surface area contributed by atoms with Gasteiger partial charge in [-0.3, -0.25) is 0 Å². The zero-order chi connectivity index (χ0) is 17.3. The van der Waals surface area contributed by atoms with Crippen molar-refractivity contribution in [3.05, 3.63) is 35.1 Å². The first-order valence-corrected chi connectivity index (χ1v) is 9.14. The molecule has 0 saturated heterocycles. The lowest BCUT2D eigenvalue weighted by Crippen LogP contribution is -2.45. The van der Waals surface area contributed by atoms with E-state index >= 15 is 0 Å². The topological polar surface area (TPSA) is 45.7 Å². The first kappa shape index (κ1) is 23.5. The third-order valence-electron chi connectivity index (χ3n) is 3.45. The molecule has 0 fully saturated rings. The van der Waals surface area contributed by atoms with Gasteiger partial charge in [0.2, 0.25) is 0 Å². The van der Waals surface area contributed by atoms with E-state index in [1.807, 2.05) is 33.1 Å². The molecule has 0 bridgehead atoms. The largest absolute Gasteiger partial charge is 0.377 e. The molecule has 1 rings (SSSR count). The van der Waals surface area contributed by atoms with Crippen molar-refractivity contribution in [2.75, 3.05) is 26.5 Å². The van der Waals surface area contributed by atoms with E-state index in [1.54, 1.807) is 24.9 Å². The minimum absolute atomic E-state index is 0. The highest BCUT2D eigenvalue weighted by molar-refractivity contribution is 14.0. The molecule has 0 unspecified atom stereocenters. The lowest BCUT2D eigenvalue weighted by molar-refractivity contribution is 0.0268. The van der Waals surface area contributed by atoms with Gasteiger partial charge in [-0.15, -0.1) is 24.0 Å². The molecule has 0 aliphatic carbocycles. The van der Waals surface area contributed by atoms with Crippen molar-refractivity contribution in [1.29, 1.82) is 0 Å². The van der Waals surface area contributed by atoms with Gasteiger partial charge in [-0.1, -0.05) is 6.07 Å². The van der Waals surface area contributed by atoms with Gasteiger partial charge in [0.15, 0.2) is 5.96 Å². The fourth-order valence-corrected chi connectivity index (χ4v) is 2.49. The molecular weight excluding hydrogens is 440 g/mol. The number of guanidine groups is 1. The molecule has 138 valence electrons. The molecular formula is C17H29FIN3OS. The summed E-state index contributed by atoms with van der Waals surface area (Å²) in [5.41, 5.74) is 1.77. The predicted octanol–water partition coefficient (Wildman–Crippen LogP) is 3.79. The van der Waals surface area contributed by atoms with Crippen LogP contribution in [0.5, 0.6) is 0 Å². The van der Waals surface area contributed by atoms with Crippen LogP contribution in [-0.4, -0.2) is 38.0 Å². The molecule has 0 aromatic heterocycles. The molecule has 4 nitrogen and oxygen atoms in total. The van der Waals surface area contributed by atoms with Crippen LogP contribution in [0.4, 0.5) is 4.39 Å². The van der Waals surface area contributed by atoms with Gasteiger partial charge in [-0.05, 0) is 50.3 Å². The SMILES string of the molecule is CCNC(=NCc1ccc(F)cc1CSC)NCC(C)(C)OC.I. The second kappa shape index (κ2) is 11.9. The standard InChI is InChI=1S/C17H28FN3OS.HI/c1-6-19-16(21-12-17(2,3)22-4)20-10-13-7-8-15(18)9-14(13)11-23-5;/h7-9H,6,10-12H2,1-5H3,(H2,19,20,21);1H. The summed E-state index contributed by atoms with van der Waals surface area (Å²) in [5, 5.41) is 6.50. The molecule has 0 saturated carbocycles. The normalized spacial score (nSPS) is 11.8. The smallest absolute Gasteiger partial charge is 0.191 e. The average molecular weight is 469 g/mol. The zero-order valence-electron chi connectivity index (χ0n) is 15.1. The van der Waals surface area contributed by atoms with Crippen molar-refractivity contribution in [2.24, 2.45) is 4.99 Å². The Morgan fingerprint density at radius 1 is 1.29 bits per heavy atom. The molecule has 2 N–H and O–H groups in total. The zero-order valence-corrected chi connectivity index (χ0v) is 18.3. The van der Waals surface area contributed by atoms with Gasteiger partial charge in [-0.2, -0.15) is 11.8 Å². The van der Waals surface area contributed by atoms with Crippen LogP contribution in [-0.2, 0) is 17.0 Å². The summed E-state index contributed by atoms with van der Waals surface area (Å²) in [7, 11) is 1.69. The van der Waals surface area contributed by atoms with E-state index in [2.05, 4.69) is 15.6 Å². The van der Waals surface area contributed by atoms with E-state index in [4.69, 9.17) is 4.74 Å². The third-order valence-corrected chi connectivity index (χ3v) is 4.05. The molecule has 7 heteroatoms. The monoisotopic (exact) mass is 469 g/mol. The highest BCUT2D eigenvalue weighted by atomic mass is 127. The minimum Gasteiger partial charge on any atom is -0.377 e. The number of thioether (sulfide) groups is 1. The van der Waals surface area contributed by atoms with Gasteiger partial charge in [-0.25, -0.2) is 9.38 Å². The quantitative estimate of drug-likeness (QED) is 0.346. The van der Waals surface area contributed by atoms with Gasteiger partial charge in [0.1, 0.15) is 5.82 Å². The summed E-state index contributed by atoms with van der Waals surface area (Å²) in [6.07, 6.45) is 2.01. The molecule has 0 aliphatic rings. The van der Waals surface area contributed by atoms with Crippen molar-refractivity contribution in [2.45, 2.75) is 38.7 Å². The number of rotatable bonds is 8. The fourth-order valence-electron chi connectivity index (χ4n) is 1.91. The summed E-state index contributed by atoms with van der Waals surface area (Å²) in [6, 6.07) is 4.89. The molecule has 0 radical (unpaired) electrons. The molecule has 0 spiro atoms. The Labute approximate surface area is 166 Å². The number of hydrogen-bond donors (Lipinski definition) is 2. The Kier molecular flexibility index (Phi) is 11.6. The Morgan fingerprint density at radius 2 is 2.00 bits per heavy atom. The van der Waals surface area contributed by atoms with Crippen molar-refractivity contribution in [1.82, 2.24) is 10.6 Å². The second-order valence-electron chi connectivity index (χ2n) is 5.86. The van der Waals surface area contributed by atoms with Gasteiger partial charge < -0.3 is 15.4 Å². The van der Waals surface area contributed by atoms with Crippen LogP contribution < -0.4 is 10.6 Å². The summed E-state index contributed by atoms with van der Waals surface area (Å²) in [4.78, 5) is 4.60. The van der Waals surface area contributed by atoms with Crippen molar-refractivity contribution in [3.63, 3.8) is 0 Å². The van der Waals surface area contributed by atoms with E-state index in [0.717, 1.165) is 29.4 Å². The number of methoxy groups -OCH3 is 1. The van der Waals surface area contributed by atoms with E-state index < -0.39 is 0 Å². The summed E-state index contributed by atoms with van der Waals surface area (Å²) >= 11 is 1.68. The third kappa shape index (κ3) is 8.53. The highest BCUT2D eigenvalue weighted by Crippen LogP contribution is 2.17. The lowest BCUT2D eigenvalue weighted by atomic mass is 10.1. The van der Waals surface area contributed by atoms with Crippen LogP contribution in [0.15, 0.2) is 23.2 Å². The van der Waals surface area contributed by atoms with Gasteiger partial charge in [0, 0.05) is 26.0 Å². The molecule has 24 heavy (non-hydrogen) atoms. The predicted molar refractivity (Wildman–Crippen MR) is 113 cm³/mol. The molecule has 0 atom stereocenters. The number of nitrogens with zero attached hydrogens (tertiary/aromatic N) is 1. The van der Waals surface area contributed by atoms with Crippen molar-refractivity contribution < 1.29 is 9.13 Å². The number of hydrogen-bond acceptors (Lipinski definition) is 3. The fraction of sp³-hybridized carbons (Fsp3) is 0.588. The summed E-state index contributed by atoms with van der Waals surface area (Å²) in [5.74, 6) is 1.31. The average Bonchev–Trinajstić information content (AvgIpc) is 2.52. The van der Waals surface area contributed by atoms with E-state index in [0.29, 0.717) is 13.1 Å². The van der Waals surface area contributed by atoms with Crippen LogP contribution in [0.1, 0.15) is 31.9 Å². The first-order chi connectivity index (χ1) is 10.9. The van der Waals surface area contributed by atoms with Crippen molar-refractivity contribution >= 4 is 41.7 Å². The maximum Gasteiger partial charge on any atom is 0.191 e. The molecule has 0 heterocycles. The van der Waals surface area contributed by atoms with E-state index in [9.17, 15) is 4.39 Å². The molecule has 1 aromatic carbocycles. The van der Waals surface area contributed by atoms with E-state index in [-0.39, 0.29) is 35.4 Å². The Hall–Kier alpha value is -0.540. The second-order valence-corrected chi connectivity index (χ2v) is 6.72. The Balaban J connectivity index is 0.00000529. The number of aliphatic imine (C=N–C) groups is 1. The van der Waals surface area contributed by atoms with Gasteiger partial charge >= 0.3 is 0 Å². The maximum atomic E-state index is 13.4. The van der Waals surface area contributed by atoms with Crippen LogP contribution in [0.2, 0.25) is 0 Å². The maximum absolute atomic E-state index is 13.4. The number of nitrogens with one attached hydrogen (secondary N) is 2. The lowest BCUT2D eigenvalue weighted by Gasteiger charge is -2.24. The first-order valence-electron chi connectivity index (χ1n) is 7.75. The Morgan fingerprint density at radius 3 is 2.58 bits per heavy atom. The van der Waals surface area contributed by atoms with Crippen LogP contribution >= 0.6 is 35.7 Å². The van der Waals surface area contributed by atoms with Gasteiger partial charge in [0.05, 0.1) is 12.1 Å². The molecule has 0 amide bonds. The van der Waals surface area contributed by atoms with Crippen LogP contribution in [0.25, 0.3) is 0 Å². The summed E-state index contributed by atoms with van der Waals surface area (Å²) in [6.45, 7) is 7.99. The van der Waals surface area contributed by atoms with Gasteiger partial charge in [0.25, 0.3) is 0 Å². The summed E-state index contributed by atoms with van der Waals surface area (Å²) < 4.78 is 18.8. The van der Waals surface area contributed by atoms with E-state index in [1.165, 1.54) is 6.07 Å². The number of ether oxygens (including phenoxy) is 1. The van der Waals surface area contributed by atoms with Crippen LogP contribution in [0, 0.1) is 5.82 Å². The highest BCUT2D eigenvalue weighted by Gasteiger charge is 2.16. The minimum atomic E-state index is -0.268. The molecule has 0 aliphatic heterocycles. The number of halogens is 2.